The smallest absolute Gasteiger partial charge is 0.0342 e. The Balaban J connectivity index is 1.48. The molecule has 1 heteroatoms. The quantitative estimate of drug-likeness (QED) is 0.747. The van der Waals surface area contributed by atoms with E-state index in [4.69, 9.17) is 0 Å². The number of rotatable bonds is 6. The maximum Gasteiger partial charge on any atom is 0.0342 e. The minimum atomic E-state index is 0.636. The lowest BCUT2D eigenvalue weighted by molar-refractivity contribution is 0.374. The van der Waals surface area contributed by atoms with Crippen molar-refractivity contribution in [3.63, 3.8) is 0 Å². The van der Waals surface area contributed by atoms with Crippen LogP contribution < -0.4 is 5.32 Å². The Morgan fingerprint density at radius 3 is 2.33 bits per heavy atom. The fourth-order valence-corrected chi connectivity index (χ4v) is 3.12. The highest BCUT2D eigenvalue weighted by atomic mass is 14.9. The Morgan fingerprint density at radius 1 is 0.952 bits per heavy atom. The van der Waals surface area contributed by atoms with Crippen molar-refractivity contribution in [3.05, 3.63) is 65.7 Å². The molecule has 0 radical (unpaired) electrons. The molecular formula is C20H25N. The summed E-state index contributed by atoms with van der Waals surface area (Å²) in [4.78, 5) is 0. The first-order valence-corrected chi connectivity index (χ1v) is 8.25. The monoisotopic (exact) mass is 279 g/mol. The van der Waals surface area contributed by atoms with Gasteiger partial charge in [0.1, 0.15) is 0 Å². The molecule has 1 nitrogen and oxygen atoms in total. The van der Waals surface area contributed by atoms with E-state index in [0.29, 0.717) is 6.04 Å². The molecule has 0 bridgehead atoms. The highest BCUT2D eigenvalue weighted by molar-refractivity contribution is 5.46. The summed E-state index contributed by atoms with van der Waals surface area (Å²) in [7, 11) is 0. The van der Waals surface area contributed by atoms with Gasteiger partial charge in [-0.1, -0.05) is 55.8 Å². The zero-order valence-corrected chi connectivity index (χ0v) is 12.9. The van der Waals surface area contributed by atoms with E-state index in [1.165, 1.54) is 48.9 Å². The summed E-state index contributed by atoms with van der Waals surface area (Å²) in [5.74, 6) is 0.743. The molecule has 0 heterocycles. The van der Waals surface area contributed by atoms with Crippen LogP contribution >= 0.6 is 0 Å². The number of hydrogen-bond acceptors (Lipinski definition) is 1. The zero-order chi connectivity index (χ0) is 14.5. The molecule has 21 heavy (non-hydrogen) atoms. The number of nitrogens with one attached hydrogen (secondary N) is 1. The number of anilines is 1. The first kappa shape index (κ1) is 14.2. The molecule has 0 atom stereocenters. The van der Waals surface area contributed by atoms with Gasteiger partial charge in [0.15, 0.2) is 0 Å². The minimum Gasteiger partial charge on any atom is -0.382 e. The summed E-state index contributed by atoms with van der Waals surface area (Å²) >= 11 is 0. The summed E-state index contributed by atoms with van der Waals surface area (Å²) in [5, 5.41) is 3.66. The molecule has 0 spiro atoms. The molecule has 1 aliphatic rings. The molecule has 0 amide bonds. The van der Waals surface area contributed by atoms with Gasteiger partial charge in [0.25, 0.3) is 0 Å². The van der Waals surface area contributed by atoms with Gasteiger partial charge in [0.05, 0.1) is 0 Å². The first-order valence-electron chi connectivity index (χ1n) is 8.25. The molecule has 1 aliphatic carbocycles. The SMILES string of the molecule is CCCCc1ccc(NC2CC(c3ccccc3)C2)cc1. The van der Waals surface area contributed by atoms with Crippen LogP contribution in [0.25, 0.3) is 0 Å². The molecule has 1 fully saturated rings. The van der Waals surface area contributed by atoms with E-state index < -0.39 is 0 Å². The summed E-state index contributed by atoms with van der Waals surface area (Å²) in [6.45, 7) is 2.25. The van der Waals surface area contributed by atoms with Gasteiger partial charge >= 0.3 is 0 Å². The largest absolute Gasteiger partial charge is 0.382 e. The Hall–Kier alpha value is -1.76. The maximum absolute atomic E-state index is 3.66. The Kier molecular flexibility index (Phi) is 4.59. The molecule has 110 valence electrons. The number of aryl methyl sites for hydroxylation is 1. The summed E-state index contributed by atoms with van der Waals surface area (Å²) < 4.78 is 0. The summed E-state index contributed by atoms with van der Waals surface area (Å²) in [6, 6.07) is 20.5. The van der Waals surface area contributed by atoms with Gasteiger partial charge in [-0.15, -0.1) is 0 Å². The van der Waals surface area contributed by atoms with E-state index in [2.05, 4.69) is 66.8 Å². The molecule has 0 saturated heterocycles. The van der Waals surface area contributed by atoms with E-state index >= 15 is 0 Å². The van der Waals surface area contributed by atoms with Crippen LogP contribution in [0.5, 0.6) is 0 Å². The van der Waals surface area contributed by atoms with Crippen LogP contribution in [0.1, 0.15) is 49.7 Å². The average molecular weight is 279 g/mol. The van der Waals surface area contributed by atoms with Crippen LogP contribution in [0.15, 0.2) is 54.6 Å². The molecule has 3 rings (SSSR count). The standard InChI is InChI=1S/C20H25N/c1-2-3-7-16-10-12-19(13-11-16)21-20-14-18(15-20)17-8-5-4-6-9-17/h4-6,8-13,18,20-21H,2-3,7,14-15H2,1H3. The van der Waals surface area contributed by atoms with Crippen molar-refractivity contribution in [3.8, 4) is 0 Å². The van der Waals surface area contributed by atoms with E-state index in [1.807, 2.05) is 0 Å². The molecule has 0 aliphatic heterocycles. The lowest BCUT2D eigenvalue weighted by atomic mass is 9.76. The predicted molar refractivity (Wildman–Crippen MR) is 90.9 cm³/mol. The molecule has 2 aromatic carbocycles. The number of benzene rings is 2. The lowest BCUT2D eigenvalue weighted by Crippen LogP contribution is -2.33. The van der Waals surface area contributed by atoms with Crippen LogP contribution in [-0.2, 0) is 6.42 Å². The van der Waals surface area contributed by atoms with E-state index in [0.717, 1.165) is 5.92 Å². The molecule has 0 unspecified atom stereocenters. The molecule has 1 saturated carbocycles. The average Bonchev–Trinajstić information content (AvgIpc) is 2.50. The lowest BCUT2D eigenvalue weighted by Gasteiger charge is -2.37. The highest BCUT2D eigenvalue weighted by Crippen LogP contribution is 2.38. The van der Waals surface area contributed by atoms with Crippen LogP contribution in [0.4, 0.5) is 5.69 Å². The summed E-state index contributed by atoms with van der Waals surface area (Å²) in [5.41, 5.74) is 4.22. The topological polar surface area (TPSA) is 12.0 Å². The maximum atomic E-state index is 3.66. The van der Waals surface area contributed by atoms with Crippen LogP contribution in [0, 0.1) is 0 Å². The van der Waals surface area contributed by atoms with Crippen LogP contribution in [0.2, 0.25) is 0 Å². The Bertz CT molecular complexity index is 538. The molecule has 2 aromatic rings. The van der Waals surface area contributed by atoms with E-state index in [9.17, 15) is 0 Å². The second-order valence-corrected chi connectivity index (χ2v) is 6.22. The third-order valence-corrected chi connectivity index (χ3v) is 4.55. The fraction of sp³-hybridized carbons (Fsp3) is 0.400. The second kappa shape index (κ2) is 6.80. The Morgan fingerprint density at radius 2 is 1.67 bits per heavy atom. The van der Waals surface area contributed by atoms with Gasteiger partial charge in [-0.2, -0.15) is 0 Å². The highest BCUT2D eigenvalue weighted by Gasteiger charge is 2.29. The van der Waals surface area contributed by atoms with Gasteiger partial charge in [0.2, 0.25) is 0 Å². The minimum absolute atomic E-state index is 0.636. The van der Waals surface area contributed by atoms with Crippen molar-refractivity contribution in [1.82, 2.24) is 0 Å². The number of hydrogen-bond donors (Lipinski definition) is 1. The van der Waals surface area contributed by atoms with Gasteiger partial charge < -0.3 is 5.32 Å². The molecule has 1 N–H and O–H groups in total. The summed E-state index contributed by atoms with van der Waals surface area (Å²) in [6.07, 6.45) is 6.26. The second-order valence-electron chi connectivity index (χ2n) is 6.22. The van der Waals surface area contributed by atoms with E-state index in [1.54, 1.807) is 0 Å². The third kappa shape index (κ3) is 3.66. The Labute approximate surface area is 128 Å². The fourth-order valence-electron chi connectivity index (χ4n) is 3.12. The van der Waals surface area contributed by atoms with Crippen molar-refractivity contribution < 1.29 is 0 Å². The normalized spacial score (nSPS) is 20.8. The zero-order valence-electron chi connectivity index (χ0n) is 12.9. The van der Waals surface area contributed by atoms with Crippen molar-refractivity contribution in [1.29, 1.82) is 0 Å². The first-order chi connectivity index (χ1) is 10.3. The van der Waals surface area contributed by atoms with Gasteiger partial charge in [0, 0.05) is 11.7 Å². The van der Waals surface area contributed by atoms with Crippen molar-refractivity contribution >= 4 is 5.69 Å². The van der Waals surface area contributed by atoms with Gasteiger partial charge in [-0.05, 0) is 54.9 Å². The third-order valence-electron chi connectivity index (χ3n) is 4.55. The molecular weight excluding hydrogens is 254 g/mol. The number of unbranched alkanes of at least 4 members (excludes halogenated alkanes) is 1. The van der Waals surface area contributed by atoms with Crippen molar-refractivity contribution in [2.75, 3.05) is 5.32 Å². The predicted octanol–water partition coefficient (Wildman–Crippen LogP) is 5.39. The van der Waals surface area contributed by atoms with Crippen molar-refractivity contribution in [2.24, 2.45) is 0 Å². The van der Waals surface area contributed by atoms with Crippen LogP contribution in [-0.4, -0.2) is 6.04 Å². The van der Waals surface area contributed by atoms with Crippen molar-refractivity contribution in [2.45, 2.75) is 51.0 Å². The molecule has 0 aromatic heterocycles. The van der Waals surface area contributed by atoms with Gasteiger partial charge in [-0.3, -0.25) is 0 Å². The van der Waals surface area contributed by atoms with E-state index in [-0.39, 0.29) is 0 Å². The van der Waals surface area contributed by atoms with Crippen LogP contribution in [0.3, 0.4) is 0 Å². The van der Waals surface area contributed by atoms with Gasteiger partial charge in [-0.25, -0.2) is 0 Å².